The summed E-state index contributed by atoms with van der Waals surface area (Å²) in [5, 5.41) is 0.763. The standard InChI is InChI=1S/C18H27ClN2O/c1-15(2)14-20-10-12-21(13-11-20)18(22)5-3-4-16-6-8-17(19)9-7-16/h6-9,15H,3-5,10-14H2,1-2H3. The summed E-state index contributed by atoms with van der Waals surface area (Å²) in [5.41, 5.74) is 1.25. The Balaban J connectivity index is 1.67. The summed E-state index contributed by atoms with van der Waals surface area (Å²) in [6, 6.07) is 7.90. The lowest BCUT2D eigenvalue weighted by Gasteiger charge is -2.35. The molecule has 1 heterocycles. The molecule has 0 saturated carbocycles. The first kappa shape index (κ1) is 17.3. The van der Waals surface area contributed by atoms with Gasteiger partial charge in [0.15, 0.2) is 0 Å². The molecule has 1 aliphatic heterocycles. The molecule has 0 bridgehead atoms. The van der Waals surface area contributed by atoms with E-state index >= 15 is 0 Å². The average molecular weight is 323 g/mol. The van der Waals surface area contributed by atoms with Crippen LogP contribution in [0.3, 0.4) is 0 Å². The molecule has 1 aromatic rings. The number of benzene rings is 1. The SMILES string of the molecule is CC(C)CN1CCN(C(=O)CCCc2ccc(Cl)cc2)CC1. The summed E-state index contributed by atoms with van der Waals surface area (Å²) in [4.78, 5) is 16.7. The van der Waals surface area contributed by atoms with E-state index in [2.05, 4.69) is 18.7 Å². The predicted molar refractivity (Wildman–Crippen MR) is 92.2 cm³/mol. The van der Waals surface area contributed by atoms with Gasteiger partial charge in [-0.05, 0) is 36.5 Å². The first-order chi connectivity index (χ1) is 10.5. The number of hydrogen-bond acceptors (Lipinski definition) is 2. The minimum atomic E-state index is 0.304. The van der Waals surface area contributed by atoms with Crippen molar-refractivity contribution in [3.63, 3.8) is 0 Å². The van der Waals surface area contributed by atoms with Crippen molar-refractivity contribution in [2.24, 2.45) is 5.92 Å². The van der Waals surface area contributed by atoms with Gasteiger partial charge in [-0.15, -0.1) is 0 Å². The predicted octanol–water partition coefficient (Wildman–Crippen LogP) is 3.46. The number of rotatable bonds is 6. The lowest BCUT2D eigenvalue weighted by molar-refractivity contribution is -0.133. The van der Waals surface area contributed by atoms with E-state index in [0.717, 1.165) is 50.6 Å². The van der Waals surface area contributed by atoms with Crippen LogP contribution >= 0.6 is 11.6 Å². The van der Waals surface area contributed by atoms with Crippen molar-refractivity contribution >= 4 is 17.5 Å². The first-order valence-corrected chi connectivity index (χ1v) is 8.67. The van der Waals surface area contributed by atoms with E-state index in [1.54, 1.807) is 0 Å². The summed E-state index contributed by atoms with van der Waals surface area (Å²) in [6.45, 7) is 9.42. The van der Waals surface area contributed by atoms with Gasteiger partial charge in [-0.1, -0.05) is 37.6 Å². The first-order valence-electron chi connectivity index (χ1n) is 8.29. The van der Waals surface area contributed by atoms with E-state index in [0.29, 0.717) is 18.2 Å². The Bertz CT molecular complexity index is 464. The smallest absolute Gasteiger partial charge is 0.222 e. The van der Waals surface area contributed by atoms with E-state index < -0.39 is 0 Å². The van der Waals surface area contributed by atoms with Gasteiger partial charge in [0.2, 0.25) is 5.91 Å². The molecule has 0 N–H and O–H groups in total. The lowest BCUT2D eigenvalue weighted by atomic mass is 10.1. The maximum atomic E-state index is 12.3. The Morgan fingerprint density at radius 3 is 2.36 bits per heavy atom. The molecule has 22 heavy (non-hydrogen) atoms. The molecule has 0 spiro atoms. The number of nitrogens with zero attached hydrogens (tertiary/aromatic N) is 2. The number of carbonyl (C=O) groups is 1. The van der Waals surface area contributed by atoms with Crippen LogP contribution in [0.1, 0.15) is 32.3 Å². The molecule has 1 amide bonds. The lowest BCUT2D eigenvalue weighted by Crippen LogP contribution is -2.49. The van der Waals surface area contributed by atoms with Crippen molar-refractivity contribution in [2.75, 3.05) is 32.7 Å². The third-order valence-electron chi connectivity index (χ3n) is 4.12. The van der Waals surface area contributed by atoms with Crippen molar-refractivity contribution < 1.29 is 4.79 Å². The Morgan fingerprint density at radius 2 is 1.77 bits per heavy atom. The second kappa shape index (κ2) is 8.54. The number of halogens is 1. The molecule has 1 aliphatic rings. The molecule has 1 aromatic carbocycles. The molecule has 1 saturated heterocycles. The number of amides is 1. The van der Waals surface area contributed by atoms with Crippen LogP contribution in [0.5, 0.6) is 0 Å². The molecule has 0 radical (unpaired) electrons. The molecular formula is C18H27ClN2O. The van der Waals surface area contributed by atoms with Crippen LogP contribution in [0.2, 0.25) is 5.02 Å². The van der Waals surface area contributed by atoms with Gasteiger partial charge in [0.25, 0.3) is 0 Å². The zero-order chi connectivity index (χ0) is 15.9. The summed E-state index contributed by atoms with van der Waals surface area (Å²) >= 11 is 5.88. The van der Waals surface area contributed by atoms with E-state index in [-0.39, 0.29) is 0 Å². The molecule has 2 rings (SSSR count). The van der Waals surface area contributed by atoms with E-state index in [1.165, 1.54) is 5.56 Å². The summed E-state index contributed by atoms with van der Waals surface area (Å²) < 4.78 is 0. The van der Waals surface area contributed by atoms with Gasteiger partial charge in [0, 0.05) is 44.2 Å². The number of piperazine rings is 1. The van der Waals surface area contributed by atoms with Gasteiger partial charge in [0.05, 0.1) is 0 Å². The van der Waals surface area contributed by atoms with Crippen LogP contribution in [0.15, 0.2) is 24.3 Å². The van der Waals surface area contributed by atoms with Crippen molar-refractivity contribution in [2.45, 2.75) is 33.1 Å². The van der Waals surface area contributed by atoms with Crippen molar-refractivity contribution in [3.8, 4) is 0 Å². The molecule has 4 heteroatoms. The minimum Gasteiger partial charge on any atom is -0.340 e. The number of carbonyl (C=O) groups excluding carboxylic acids is 1. The van der Waals surface area contributed by atoms with Gasteiger partial charge >= 0.3 is 0 Å². The van der Waals surface area contributed by atoms with Crippen LogP contribution in [0, 0.1) is 5.92 Å². The Morgan fingerprint density at radius 1 is 1.14 bits per heavy atom. The Labute approximate surface area is 139 Å². The maximum absolute atomic E-state index is 12.3. The fourth-order valence-corrected chi connectivity index (χ4v) is 3.08. The fraction of sp³-hybridized carbons (Fsp3) is 0.611. The van der Waals surface area contributed by atoms with Crippen LogP contribution < -0.4 is 0 Å². The third-order valence-corrected chi connectivity index (χ3v) is 4.37. The van der Waals surface area contributed by atoms with Crippen molar-refractivity contribution in [3.05, 3.63) is 34.9 Å². The van der Waals surface area contributed by atoms with Gasteiger partial charge in [-0.3, -0.25) is 9.69 Å². The fourth-order valence-electron chi connectivity index (χ4n) is 2.95. The van der Waals surface area contributed by atoms with E-state index in [1.807, 2.05) is 29.2 Å². The highest BCUT2D eigenvalue weighted by molar-refractivity contribution is 6.30. The molecule has 0 aromatic heterocycles. The number of hydrogen-bond donors (Lipinski definition) is 0. The van der Waals surface area contributed by atoms with Gasteiger partial charge < -0.3 is 4.90 Å². The Kier molecular flexibility index (Phi) is 6.71. The quantitative estimate of drug-likeness (QED) is 0.800. The monoisotopic (exact) mass is 322 g/mol. The summed E-state index contributed by atoms with van der Waals surface area (Å²) in [6.07, 6.45) is 2.50. The molecule has 3 nitrogen and oxygen atoms in total. The second-order valence-corrected chi connectivity index (χ2v) is 6.99. The van der Waals surface area contributed by atoms with Crippen LogP contribution in [-0.2, 0) is 11.2 Å². The zero-order valence-electron chi connectivity index (χ0n) is 13.7. The summed E-state index contributed by atoms with van der Waals surface area (Å²) in [5.74, 6) is 1.000. The zero-order valence-corrected chi connectivity index (χ0v) is 14.5. The molecule has 0 aliphatic carbocycles. The van der Waals surface area contributed by atoms with Crippen molar-refractivity contribution in [1.29, 1.82) is 0 Å². The van der Waals surface area contributed by atoms with Gasteiger partial charge in [-0.25, -0.2) is 0 Å². The van der Waals surface area contributed by atoms with E-state index in [9.17, 15) is 4.79 Å². The summed E-state index contributed by atoms with van der Waals surface area (Å²) in [7, 11) is 0. The molecular weight excluding hydrogens is 296 g/mol. The molecule has 122 valence electrons. The highest BCUT2D eigenvalue weighted by atomic mass is 35.5. The van der Waals surface area contributed by atoms with Gasteiger partial charge in [-0.2, -0.15) is 0 Å². The maximum Gasteiger partial charge on any atom is 0.222 e. The van der Waals surface area contributed by atoms with Gasteiger partial charge in [0.1, 0.15) is 0 Å². The van der Waals surface area contributed by atoms with Crippen molar-refractivity contribution in [1.82, 2.24) is 9.80 Å². The highest BCUT2D eigenvalue weighted by Crippen LogP contribution is 2.13. The normalized spacial score (nSPS) is 16.3. The molecule has 0 unspecified atom stereocenters. The van der Waals surface area contributed by atoms with Crippen LogP contribution in [0.25, 0.3) is 0 Å². The van der Waals surface area contributed by atoms with E-state index in [4.69, 9.17) is 11.6 Å². The minimum absolute atomic E-state index is 0.304. The Hall–Kier alpha value is -1.06. The average Bonchev–Trinajstić information content (AvgIpc) is 2.49. The third kappa shape index (κ3) is 5.62. The molecule has 0 atom stereocenters. The largest absolute Gasteiger partial charge is 0.340 e. The number of aryl methyl sites for hydroxylation is 1. The highest BCUT2D eigenvalue weighted by Gasteiger charge is 2.20. The topological polar surface area (TPSA) is 23.6 Å². The van der Waals surface area contributed by atoms with Crippen LogP contribution in [0.4, 0.5) is 0 Å². The van der Waals surface area contributed by atoms with Crippen LogP contribution in [-0.4, -0.2) is 48.4 Å². The second-order valence-electron chi connectivity index (χ2n) is 6.56. The molecule has 1 fully saturated rings.